The number of amides is 2. The van der Waals surface area contributed by atoms with E-state index in [1.807, 2.05) is 50.2 Å². The van der Waals surface area contributed by atoms with Gasteiger partial charge in [-0.25, -0.2) is 0 Å². The van der Waals surface area contributed by atoms with Gasteiger partial charge < -0.3 is 19.5 Å². The molecule has 2 amide bonds. The maximum absolute atomic E-state index is 13.6. The molecule has 0 bridgehead atoms. The standard InChI is InChI=1S/C27H24N2O5/c1-16-4-6-19(12-17(16)2)24-25(28-20-7-9-21(32-3)10-8-20)27(31)29(26(24)30)14-18-5-11-22-23(13-18)34-15-33-22/h4-13,28H,14-15H2,1-3H3. The number of methoxy groups -OCH3 is 1. The third-order valence-corrected chi connectivity index (χ3v) is 6.10. The molecule has 0 aliphatic carbocycles. The van der Waals surface area contributed by atoms with Crippen molar-refractivity contribution in [3.63, 3.8) is 0 Å². The zero-order valence-corrected chi connectivity index (χ0v) is 19.2. The monoisotopic (exact) mass is 456 g/mol. The summed E-state index contributed by atoms with van der Waals surface area (Å²) in [5.41, 5.74) is 4.92. The summed E-state index contributed by atoms with van der Waals surface area (Å²) in [5.74, 6) is 1.23. The number of imide groups is 1. The number of carbonyl (C=O) groups is 2. The fraction of sp³-hybridized carbons (Fsp3) is 0.185. The summed E-state index contributed by atoms with van der Waals surface area (Å²) in [6, 6.07) is 18.4. The van der Waals surface area contributed by atoms with Crippen molar-refractivity contribution >= 4 is 23.1 Å². The molecule has 0 fully saturated rings. The second kappa shape index (κ2) is 8.59. The highest BCUT2D eigenvalue weighted by atomic mass is 16.7. The zero-order valence-electron chi connectivity index (χ0n) is 19.2. The van der Waals surface area contributed by atoms with Gasteiger partial charge in [-0.15, -0.1) is 0 Å². The molecular formula is C27H24N2O5. The first-order valence-corrected chi connectivity index (χ1v) is 10.9. The van der Waals surface area contributed by atoms with Crippen LogP contribution in [0.1, 0.15) is 22.3 Å². The zero-order chi connectivity index (χ0) is 23.8. The Balaban J connectivity index is 1.51. The van der Waals surface area contributed by atoms with Crippen molar-refractivity contribution in [2.24, 2.45) is 0 Å². The molecule has 2 aliphatic heterocycles. The smallest absolute Gasteiger partial charge is 0.278 e. The number of nitrogens with one attached hydrogen (secondary N) is 1. The third kappa shape index (κ3) is 3.85. The molecule has 7 heteroatoms. The average Bonchev–Trinajstić information content (AvgIpc) is 3.40. The van der Waals surface area contributed by atoms with Crippen molar-refractivity contribution in [3.05, 3.63) is 88.6 Å². The van der Waals surface area contributed by atoms with Gasteiger partial charge in [0.15, 0.2) is 11.5 Å². The van der Waals surface area contributed by atoms with E-state index in [0.29, 0.717) is 34.1 Å². The predicted octanol–water partition coefficient (Wildman–Crippen LogP) is 4.43. The number of nitrogens with zero attached hydrogens (tertiary/aromatic N) is 1. The highest BCUT2D eigenvalue weighted by Gasteiger charge is 2.39. The number of hydrogen-bond acceptors (Lipinski definition) is 6. The second-order valence-corrected chi connectivity index (χ2v) is 8.29. The number of rotatable bonds is 6. The van der Waals surface area contributed by atoms with Crippen LogP contribution < -0.4 is 19.5 Å². The van der Waals surface area contributed by atoms with Crippen molar-refractivity contribution in [1.29, 1.82) is 0 Å². The van der Waals surface area contributed by atoms with Crippen LogP contribution in [0.15, 0.2) is 66.4 Å². The molecule has 172 valence electrons. The molecule has 3 aromatic rings. The lowest BCUT2D eigenvalue weighted by Gasteiger charge is -2.16. The van der Waals surface area contributed by atoms with Crippen LogP contribution >= 0.6 is 0 Å². The Hall–Kier alpha value is -4.26. The van der Waals surface area contributed by atoms with E-state index in [-0.39, 0.29) is 30.8 Å². The van der Waals surface area contributed by atoms with Gasteiger partial charge in [0.05, 0.1) is 19.2 Å². The van der Waals surface area contributed by atoms with Crippen LogP contribution in [0.5, 0.6) is 17.2 Å². The van der Waals surface area contributed by atoms with Crippen LogP contribution in [-0.2, 0) is 16.1 Å². The van der Waals surface area contributed by atoms with E-state index in [4.69, 9.17) is 14.2 Å². The van der Waals surface area contributed by atoms with Crippen LogP contribution in [0, 0.1) is 13.8 Å². The molecule has 0 radical (unpaired) electrons. The van der Waals surface area contributed by atoms with Crippen molar-refractivity contribution in [3.8, 4) is 17.2 Å². The van der Waals surface area contributed by atoms with Gasteiger partial charge in [0.1, 0.15) is 11.4 Å². The molecule has 0 aromatic heterocycles. The molecule has 0 saturated heterocycles. The summed E-state index contributed by atoms with van der Waals surface area (Å²) >= 11 is 0. The van der Waals surface area contributed by atoms with Crippen molar-refractivity contribution in [2.45, 2.75) is 20.4 Å². The van der Waals surface area contributed by atoms with Gasteiger partial charge in [-0.3, -0.25) is 14.5 Å². The Bertz CT molecular complexity index is 1330. The number of fused-ring (bicyclic) bond motifs is 1. The molecule has 3 aromatic carbocycles. The number of ether oxygens (including phenoxy) is 3. The number of carbonyl (C=O) groups excluding carboxylic acids is 2. The van der Waals surface area contributed by atoms with Gasteiger partial charge in [0.25, 0.3) is 11.8 Å². The number of aryl methyl sites for hydroxylation is 2. The molecule has 2 aliphatic rings. The summed E-state index contributed by atoms with van der Waals surface area (Å²) in [7, 11) is 1.59. The minimum absolute atomic E-state index is 0.121. The lowest BCUT2D eigenvalue weighted by molar-refractivity contribution is -0.137. The molecule has 0 saturated carbocycles. The Morgan fingerprint density at radius 3 is 2.38 bits per heavy atom. The van der Waals surface area contributed by atoms with Gasteiger partial charge in [-0.05, 0) is 72.5 Å². The topological polar surface area (TPSA) is 77.1 Å². The minimum atomic E-state index is -0.383. The third-order valence-electron chi connectivity index (χ3n) is 6.10. The number of anilines is 1. The highest BCUT2D eigenvalue weighted by molar-refractivity contribution is 6.36. The number of hydrogen-bond donors (Lipinski definition) is 1. The van der Waals surface area contributed by atoms with Gasteiger partial charge in [0, 0.05) is 5.69 Å². The molecule has 5 rings (SSSR count). The molecule has 0 atom stereocenters. The van der Waals surface area contributed by atoms with E-state index in [1.54, 1.807) is 31.4 Å². The Kier molecular flexibility index (Phi) is 5.45. The van der Waals surface area contributed by atoms with Crippen LogP contribution in [0.2, 0.25) is 0 Å². The first-order chi connectivity index (χ1) is 16.4. The van der Waals surface area contributed by atoms with E-state index in [1.165, 1.54) is 4.90 Å². The molecule has 34 heavy (non-hydrogen) atoms. The maximum atomic E-state index is 13.6. The van der Waals surface area contributed by atoms with Crippen LogP contribution in [0.4, 0.5) is 5.69 Å². The summed E-state index contributed by atoms with van der Waals surface area (Å²) in [6.07, 6.45) is 0. The van der Waals surface area contributed by atoms with Crippen molar-refractivity contribution in [2.75, 3.05) is 19.2 Å². The summed E-state index contributed by atoms with van der Waals surface area (Å²) in [6.45, 7) is 4.28. The van der Waals surface area contributed by atoms with Crippen molar-refractivity contribution in [1.82, 2.24) is 4.90 Å². The molecular weight excluding hydrogens is 432 g/mol. The van der Waals surface area contributed by atoms with E-state index in [9.17, 15) is 9.59 Å². The first kappa shape index (κ1) is 21.6. The van der Waals surface area contributed by atoms with E-state index in [0.717, 1.165) is 16.7 Å². The predicted molar refractivity (Wildman–Crippen MR) is 128 cm³/mol. The maximum Gasteiger partial charge on any atom is 0.278 e. The van der Waals surface area contributed by atoms with Gasteiger partial charge in [0.2, 0.25) is 6.79 Å². The van der Waals surface area contributed by atoms with E-state index in [2.05, 4.69) is 5.32 Å². The summed E-state index contributed by atoms with van der Waals surface area (Å²) < 4.78 is 16.0. The molecule has 0 unspecified atom stereocenters. The molecule has 1 N–H and O–H groups in total. The number of benzene rings is 3. The minimum Gasteiger partial charge on any atom is -0.497 e. The Morgan fingerprint density at radius 2 is 1.65 bits per heavy atom. The van der Waals surface area contributed by atoms with Gasteiger partial charge in [-0.2, -0.15) is 0 Å². The summed E-state index contributed by atoms with van der Waals surface area (Å²) in [4.78, 5) is 28.4. The lowest BCUT2D eigenvalue weighted by Crippen LogP contribution is -2.32. The summed E-state index contributed by atoms with van der Waals surface area (Å²) in [5, 5.41) is 3.18. The average molecular weight is 456 g/mol. The Morgan fingerprint density at radius 1 is 0.882 bits per heavy atom. The van der Waals surface area contributed by atoms with Crippen LogP contribution in [-0.4, -0.2) is 30.6 Å². The largest absolute Gasteiger partial charge is 0.497 e. The van der Waals surface area contributed by atoms with Crippen LogP contribution in [0.3, 0.4) is 0 Å². The normalized spacial score (nSPS) is 14.7. The molecule has 2 heterocycles. The van der Waals surface area contributed by atoms with Gasteiger partial charge in [-0.1, -0.05) is 24.3 Å². The van der Waals surface area contributed by atoms with Crippen molar-refractivity contribution < 1.29 is 23.8 Å². The molecule has 7 nitrogen and oxygen atoms in total. The van der Waals surface area contributed by atoms with E-state index >= 15 is 0 Å². The van der Waals surface area contributed by atoms with E-state index < -0.39 is 0 Å². The quantitative estimate of drug-likeness (QED) is 0.553. The first-order valence-electron chi connectivity index (χ1n) is 10.9. The lowest BCUT2D eigenvalue weighted by atomic mass is 9.99. The fourth-order valence-corrected chi connectivity index (χ4v) is 4.04. The van der Waals surface area contributed by atoms with Crippen LogP contribution in [0.25, 0.3) is 5.57 Å². The SMILES string of the molecule is COc1ccc(NC2=C(c3ccc(C)c(C)c3)C(=O)N(Cc3ccc4c(c3)OCO4)C2=O)cc1. The Labute approximate surface area is 197 Å². The second-order valence-electron chi connectivity index (χ2n) is 8.29. The van der Waals surface area contributed by atoms with Gasteiger partial charge >= 0.3 is 0 Å². The highest BCUT2D eigenvalue weighted by Crippen LogP contribution is 2.35. The molecule has 0 spiro atoms. The fourth-order valence-electron chi connectivity index (χ4n) is 4.04.